The molecule has 50 heavy (non-hydrogen) atoms. The predicted molar refractivity (Wildman–Crippen MR) is 215 cm³/mol. The Morgan fingerprint density at radius 3 is 1.62 bits per heavy atom. The van der Waals surface area contributed by atoms with Gasteiger partial charge in [-0.2, -0.15) is 0 Å². The minimum absolute atomic E-state index is 0.937. The third-order valence-electron chi connectivity index (χ3n) is 10.4. The minimum atomic E-state index is 0.937. The molecular formula is C48H28OS. The third-order valence-corrected chi connectivity index (χ3v) is 11.6. The van der Waals surface area contributed by atoms with Crippen molar-refractivity contribution in [3.8, 4) is 33.4 Å². The molecule has 0 spiro atoms. The van der Waals surface area contributed by atoms with Gasteiger partial charge in [0.2, 0.25) is 0 Å². The molecule has 2 heteroatoms. The highest BCUT2D eigenvalue weighted by Crippen LogP contribution is 2.50. The van der Waals surface area contributed by atoms with Crippen LogP contribution in [-0.4, -0.2) is 0 Å². The maximum absolute atomic E-state index is 7.14. The SMILES string of the molecule is c1ccc(-c2cccc(-c3c4ccccc4c(-c4cccc5c4oc4c6ccccc6c6c7ccccc7sc6c54)c4ccccc34)c2)cc1. The highest BCUT2D eigenvalue weighted by atomic mass is 32.1. The van der Waals surface area contributed by atoms with Crippen LogP contribution in [0.3, 0.4) is 0 Å². The van der Waals surface area contributed by atoms with Gasteiger partial charge in [0.1, 0.15) is 11.2 Å². The highest BCUT2D eigenvalue weighted by molar-refractivity contribution is 7.27. The molecular weight excluding hydrogens is 625 g/mol. The van der Waals surface area contributed by atoms with Gasteiger partial charge in [0.15, 0.2) is 0 Å². The summed E-state index contributed by atoms with van der Waals surface area (Å²) >= 11 is 1.87. The van der Waals surface area contributed by atoms with E-state index in [1.54, 1.807) is 0 Å². The van der Waals surface area contributed by atoms with Gasteiger partial charge in [0, 0.05) is 47.5 Å². The van der Waals surface area contributed by atoms with Crippen LogP contribution in [0.25, 0.3) is 108 Å². The maximum atomic E-state index is 7.14. The molecule has 2 heterocycles. The number of benzene rings is 9. The largest absolute Gasteiger partial charge is 0.455 e. The summed E-state index contributed by atoms with van der Waals surface area (Å²) in [6, 6.07) is 61.6. The average molecular weight is 653 g/mol. The quantitative estimate of drug-likeness (QED) is 0.173. The number of hydrogen-bond acceptors (Lipinski definition) is 2. The zero-order chi connectivity index (χ0) is 32.8. The van der Waals surface area contributed by atoms with Crippen molar-refractivity contribution in [1.29, 1.82) is 0 Å². The lowest BCUT2D eigenvalue weighted by atomic mass is 9.85. The maximum Gasteiger partial charge on any atom is 0.144 e. The fourth-order valence-electron chi connectivity index (χ4n) is 8.33. The van der Waals surface area contributed by atoms with Gasteiger partial charge < -0.3 is 4.42 Å². The lowest BCUT2D eigenvalue weighted by Crippen LogP contribution is -1.91. The Bertz CT molecular complexity index is 3090. The van der Waals surface area contributed by atoms with Crippen molar-refractivity contribution in [2.24, 2.45) is 0 Å². The van der Waals surface area contributed by atoms with E-state index in [9.17, 15) is 0 Å². The predicted octanol–water partition coefficient (Wildman–Crippen LogP) is 14.4. The third kappa shape index (κ3) is 3.88. The molecule has 0 saturated heterocycles. The van der Waals surface area contributed by atoms with Gasteiger partial charge in [-0.25, -0.2) is 0 Å². The number of rotatable bonds is 3. The Kier molecular flexibility index (Phi) is 5.89. The van der Waals surface area contributed by atoms with Crippen LogP contribution in [0.4, 0.5) is 0 Å². The van der Waals surface area contributed by atoms with Crippen LogP contribution in [0.2, 0.25) is 0 Å². The first-order chi connectivity index (χ1) is 24.8. The zero-order valence-corrected chi connectivity index (χ0v) is 27.8. The smallest absolute Gasteiger partial charge is 0.144 e. The van der Waals surface area contributed by atoms with E-state index < -0.39 is 0 Å². The lowest BCUT2D eigenvalue weighted by molar-refractivity contribution is 0.674. The first-order valence-electron chi connectivity index (χ1n) is 17.1. The molecule has 0 unspecified atom stereocenters. The van der Waals surface area contributed by atoms with Crippen molar-refractivity contribution in [2.45, 2.75) is 0 Å². The Labute approximate surface area is 292 Å². The number of furan rings is 1. The van der Waals surface area contributed by atoms with Gasteiger partial charge in [-0.15, -0.1) is 11.3 Å². The fourth-order valence-corrected chi connectivity index (χ4v) is 9.61. The van der Waals surface area contributed by atoms with E-state index in [-0.39, 0.29) is 0 Å². The normalized spacial score (nSPS) is 12.0. The molecule has 0 aliphatic rings. The van der Waals surface area contributed by atoms with Gasteiger partial charge in [-0.05, 0) is 61.3 Å². The second-order valence-electron chi connectivity index (χ2n) is 13.1. The number of thiophene rings is 1. The lowest BCUT2D eigenvalue weighted by Gasteiger charge is -2.18. The summed E-state index contributed by atoms with van der Waals surface area (Å²) in [6.45, 7) is 0. The summed E-state index contributed by atoms with van der Waals surface area (Å²) in [5.74, 6) is 0. The van der Waals surface area contributed by atoms with Crippen LogP contribution in [-0.2, 0) is 0 Å². The van der Waals surface area contributed by atoms with Crippen molar-refractivity contribution in [1.82, 2.24) is 0 Å². The van der Waals surface area contributed by atoms with E-state index in [1.807, 2.05) is 11.3 Å². The molecule has 1 nitrogen and oxygen atoms in total. The molecule has 0 saturated carbocycles. The number of hydrogen-bond donors (Lipinski definition) is 0. The van der Waals surface area contributed by atoms with E-state index >= 15 is 0 Å². The molecule has 11 aromatic rings. The minimum Gasteiger partial charge on any atom is -0.455 e. The molecule has 0 radical (unpaired) electrons. The molecule has 2 aromatic heterocycles. The van der Waals surface area contributed by atoms with Crippen molar-refractivity contribution in [2.75, 3.05) is 0 Å². The van der Waals surface area contributed by atoms with Gasteiger partial charge in [0.25, 0.3) is 0 Å². The van der Waals surface area contributed by atoms with Crippen LogP contribution >= 0.6 is 11.3 Å². The zero-order valence-electron chi connectivity index (χ0n) is 27.0. The molecule has 0 atom stereocenters. The molecule has 0 aliphatic heterocycles. The van der Waals surface area contributed by atoms with Crippen LogP contribution in [0.15, 0.2) is 174 Å². The molecule has 11 rings (SSSR count). The van der Waals surface area contributed by atoms with Gasteiger partial charge in [0.05, 0.1) is 0 Å². The van der Waals surface area contributed by atoms with Crippen LogP contribution in [0.1, 0.15) is 0 Å². The number of para-hydroxylation sites is 1. The molecule has 9 aromatic carbocycles. The van der Waals surface area contributed by atoms with Crippen molar-refractivity contribution >= 4 is 85.8 Å². The van der Waals surface area contributed by atoms with Gasteiger partial charge in [-0.3, -0.25) is 0 Å². The second-order valence-corrected chi connectivity index (χ2v) is 14.2. The first-order valence-corrected chi connectivity index (χ1v) is 17.9. The molecule has 0 fully saturated rings. The van der Waals surface area contributed by atoms with E-state index in [4.69, 9.17) is 4.42 Å². The van der Waals surface area contributed by atoms with E-state index in [0.29, 0.717) is 0 Å². The molecule has 0 amide bonds. The summed E-state index contributed by atoms with van der Waals surface area (Å²) in [4.78, 5) is 0. The topological polar surface area (TPSA) is 13.1 Å². The van der Waals surface area contributed by atoms with Gasteiger partial charge >= 0.3 is 0 Å². The van der Waals surface area contributed by atoms with Crippen molar-refractivity contribution < 1.29 is 4.42 Å². The summed E-state index contributed by atoms with van der Waals surface area (Å²) in [6.07, 6.45) is 0. The van der Waals surface area contributed by atoms with Crippen molar-refractivity contribution in [3.63, 3.8) is 0 Å². The Morgan fingerprint density at radius 2 is 0.880 bits per heavy atom. The van der Waals surface area contributed by atoms with Crippen LogP contribution < -0.4 is 0 Å². The Hall–Kier alpha value is -6.22. The highest BCUT2D eigenvalue weighted by Gasteiger charge is 2.23. The second kappa shape index (κ2) is 10.6. The Balaban J connectivity index is 1.26. The summed E-state index contributed by atoms with van der Waals surface area (Å²) in [5, 5.41) is 12.3. The van der Waals surface area contributed by atoms with Crippen LogP contribution in [0, 0.1) is 0 Å². The molecule has 0 bridgehead atoms. The van der Waals surface area contributed by atoms with E-state index in [0.717, 1.165) is 27.5 Å². The first kappa shape index (κ1) is 27.7. The monoisotopic (exact) mass is 652 g/mol. The molecule has 232 valence electrons. The van der Waals surface area contributed by atoms with Crippen molar-refractivity contribution in [3.05, 3.63) is 170 Å². The Morgan fingerprint density at radius 1 is 0.340 bits per heavy atom. The molecule has 0 aliphatic carbocycles. The number of fused-ring (bicyclic) bond motifs is 12. The average Bonchev–Trinajstić information content (AvgIpc) is 3.77. The van der Waals surface area contributed by atoms with Gasteiger partial charge in [-0.1, -0.05) is 158 Å². The van der Waals surface area contributed by atoms with Crippen LogP contribution in [0.5, 0.6) is 0 Å². The van der Waals surface area contributed by atoms with E-state index in [1.165, 1.54) is 80.3 Å². The summed E-state index contributed by atoms with van der Waals surface area (Å²) in [5.41, 5.74) is 9.13. The van der Waals surface area contributed by atoms with E-state index in [2.05, 4.69) is 170 Å². The fraction of sp³-hybridized carbons (Fsp3) is 0. The summed E-state index contributed by atoms with van der Waals surface area (Å²) < 4.78 is 9.73. The standard InChI is InChI=1S/C48H28OS/c1-2-14-29(15-3-1)30-16-12-17-31(28-30)42-32-18-4-6-20-34(32)43(35-21-7-5-19-33(35)42)39-25-13-26-40-45-47(49-46(39)40)37-23-9-8-22-36(37)44-38-24-10-11-27-41(38)50-48(44)45/h1-28H. The molecule has 0 N–H and O–H groups in total. The summed E-state index contributed by atoms with van der Waals surface area (Å²) in [7, 11) is 0.